The number of rotatable bonds is 6. The fraction of sp³-hybridized carbons (Fsp3) is 0.412. The van der Waals surface area contributed by atoms with Crippen molar-refractivity contribution in [2.24, 2.45) is 5.10 Å². The molecular weight excluding hydrogens is 302 g/mol. The number of hydrazone groups is 1. The van der Waals surface area contributed by atoms with Crippen molar-refractivity contribution in [3.63, 3.8) is 0 Å². The van der Waals surface area contributed by atoms with E-state index < -0.39 is 0 Å². The molecule has 0 saturated carbocycles. The van der Waals surface area contributed by atoms with Crippen molar-refractivity contribution >= 4 is 23.6 Å². The molecule has 7 nitrogen and oxygen atoms in total. The number of nitrogens with zero attached hydrogens (tertiary/aromatic N) is 4. The van der Waals surface area contributed by atoms with Gasteiger partial charge in [0.05, 0.1) is 5.71 Å². The van der Waals surface area contributed by atoms with Crippen LogP contribution in [0.5, 0.6) is 0 Å². The second kappa shape index (κ2) is 7.72. The highest BCUT2D eigenvalue weighted by atomic mass is 15.4. The molecule has 0 aliphatic heterocycles. The number of benzene rings is 1. The van der Waals surface area contributed by atoms with Gasteiger partial charge in [0.15, 0.2) is 0 Å². The van der Waals surface area contributed by atoms with Crippen LogP contribution < -0.4 is 16.1 Å². The number of hydrogen-bond donors (Lipinski definition) is 3. The highest BCUT2D eigenvalue weighted by Crippen LogP contribution is 2.21. The first kappa shape index (κ1) is 16.2. The van der Waals surface area contributed by atoms with E-state index in [9.17, 15) is 0 Å². The van der Waals surface area contributed by atoms with Gasteiger partial charge in [-0.1, -0.05) is 24.3 Å². The molecule has 7 heteroatoms. The van der Waals surface area contributed by atoms with Crippen molar-refractivity contribution in [2.75, 3.05) is 29.1 Å². The van der Waals surface area contributed by atoms with Crippen LogP contribution in [0.15, 0.2) is 29.4 Å². The Kier molecular flexibility index (Phi) is 5.20. The Morgan fingerprint density at radius 3 is 2.29 bits per heavy atom. The number of hydrogen-bond acceptors (Lipinski definition) is 7. The second-order valence-corrected chi connectivity index (χ2v) is 5.55. The second-order valence-electron chi connectivity index (χ2n) is 5.55. The van der Waals surface area contributed by atoms with Gasteiger partial charge in [-0.3, -0.25) is 0 Å². The van der Waals surface area contributed by atoms with Crippen LogP contribution in [0.3, 0.4) is 0 Å². The first-order valence-electron chi connectivity index (χ1n) is 8.44. The SMILES string of the molecule is CCNc1nc(NCC)nc(N/N=C2/CCCc3ccccc32)n1. The first-order chi connectivity index (χ1) is 11.8. The van der Waals surface area contributed by atoms with E-state index >= 15 is 0 Å². The minimum absolute atomic E-state index is 0.437. The van der Waals surface area contributed by atoms with Crippen LogP contribution in [0.1, 0.15) is 37.8 Å². The van der Waals surface area contributed by atoms with Crippen LogP contribution in [0.2, 0.25) is 0 Å². The van der Waals surface area contributed by atoms with Crippen molar-refractivity contribution in [1.82, 2.24) is 15.0 Å². The van der Waals surface area contributed by atoms with E-state index in [1.807, 2.05) is 13.8 Å². The van der Waals surface area contributed by atoms with Gasteiger partial charge in [0.1, 0.15) is 0 Å². The standard InChI is InChI=1S/C17H23N7/c1-3-18-15-20-16(19-4-2)22-17(21-15)24-23-14-11-7-9-12-8-5-6-10-13(12)14/h5-6,8,10H,3-4,7,9,11H2,1-2H3,(H3,18,19,20,21,22,24)/b23-14-. The summed E-state index contributed by atoms with van der Waals surface area (Å²) in [5, 5.41) is 10.8. The molecule has 0 saturated heterocycles. The van der Waals surface area contributed by atoms with Gasteiger partial charge in [0.25, 0.3) is 0 Å². The molecule has 0 bridgehead atoms. The largest absolute Gasteiger partial charge is 0.354 e. The third-order valence-electron chi connectivity index (χ3n) is 3.78. The number of aromatic nitrogens is 3. The summed E-state index contributed by atoms with van der Waals surface area (Å²) in [7, 11) is 0. The molecule has 0 atom stereocenters. The molecule has 3 rings (SSSR count). The normalized spacial score (nSPS) is 15.0. The Morgan fingerprint density at radius 2 is 1.58 bits per heavy atom. The topological polar surface area (TPSA) is 87.1 Å². The minimum atomic E-state index is 0.437. The molecule has 0 spiro atoms. The fourth-order valence-electron chi connectivity index (χ4n) is 2.73. The molecule has 0 unspecified atom stereocenters. The molecule has 0 amide bonds. The Labute approximate surface area is 142 Å². The molecule has 126 valence electrons. The van der Waals surface area contributed by atoms with Crippen LogP contribution in [0.4, 0.5) is 17.8 Å². The lowest BCUT2D eigenvalue weighted by Gasteiger charge is -2.17. The molecule has 2 aromatic rings. The first-order valence-corrected chi connectivity index (χ1v) is 8.44. The zero-order valence-corrected chi connectivity index (χ0v) is 14.1. The quantitative estimate of drug-likeness (QED) is 0.708. The monoisotopic (exact) mass is 325 g/mol. The minimum Gasteiger partial charge on any atom is -0.354 e. The molecular formula is C17H23N7. The summed E-state index contributed by atoms with van der Waals surface area (Å²) >= 11 is 0. The van der Waals surface area contributed by atoms with Gasteiger partial charge in [-0.25, -0.2) is 5.43 Å². The van der Waals surface area contributed by atoms with Crippen LogP contribution >= 0.6 is 0 Å². The molecule has 1 aliphatic rings. The van der Waals surface area contributed by atoms with Crippen molar-refractivity contribution in [1.29, 1.82) is 0 Å². The van der Waals surface area contributed by atoms with Crippen molar-refractivity contribution in [3.8, 4) is 0 Å². The zero-order valence-electron chi connectivity index (χ0n) is 14.1. The summed E-state index contributed by atoms with van der Waals surface area (Å²) in [5.41, 5.74) is 6.61. The smallest absolute Gasteiger partial charge is 0.250 e. The lowest BCUT2D eigenvalue weighted by atomic mass is 9.90. The van der Waals surface area contributed by atoms with Crippen LogP contribution in [0.25, 0.3) is 0 Å². The molecule has 24 heavy (non-hydrogen) atoms. The summed E-state index contributed by atoms with van der Waals surface area (Å²) in [4.78, 5) is 13.0. The summed E-state index contributed by atoms with van der Waals surface area (Å²) in [5.74, 6) is 1.51. The van der Waals surface area contributed by atoms with E-state index in [0.29, 0.717) is 17.8 Å². The van der Waals surface area contributed by atoms with E-state index in [1.54, 1.807) is 0 Å². The lowest BCUT2D eigenvalue weighted by molar-refractivity contribution is 0.836. The van der Waals surface area contributed by atoms with Crippen molar-refractivity contribution in [2.45, 2.75) is 33.1 Å². The van der Waals surface area contributed by atoms with Gasteiger partial charge < -0.3 is 10.6 Å². The Hall–Kier alpha value is -2.70. The van der Waals surface area contributed by atoms with Gasteiger partial charge in [0, 0.05) is 18.7 Å². The molecule has 3 N–H and O–H groups in total. The van der Waals surface area contributed by atoms with Gasteiger partial charge in [0.2, 0.25) is 17.8 Å². The number of aryl methyl sites for hydroxylation is 1. The Balaban J connectivity index is 1.83. The Bertz CT molecular complexity index is 702. The maximum Gasteiger partial charge on any atom is 0.250 e. The average molecular weight is 325 g/mol. The average Bonchev–Trinajstić information content (AvgIpc) is 2.60. The van der Waals surface area contributed by atoms with E-state index in [0.717, 1.165) is 38.1 Å². The van der Waals surface area contributed by atoms with E-state index in [1.165, 1.54) is 11.1 Å². The van der Waals surface area contributed by atoms with Crippen LogP contribution in [-0.2, 0) is 6.42 Å². The van der Waals surface area contributed by atoms with Gasteiger partial charge in [-0.15, -0.1) is 0 Å². The number of nitrogens with one attached hydrogen (secondary N) is 3. The number of anilines is 3. The van der Waals surface area contributed by atoms with E-state index in [4.69, 9.17) is 0 Å². The van der Waals surface area contributed by atoms with Gasteiger partial charge in [-0.05, 0) is 38.7 Å². The summed E-state index contributed by atoms with van der Waals surface area (Å²) < 4.78 is 0. The molecule has 1 aliphatic carbocycles. The molecule has 1 aromatic heterocycles. The van der Waals surface area contributed by atoms with Gasteiger partial charge >= 0.3 is 0 Å². The highest BCUT2D eigenvalue weighted by molar-refractivity contribution is 6.02. The third-order valence-corrected chi connectivity index (χ3v) is 3.78. The fourth-order valence-corrected chi connectivity index (χ4v) is 2.73. The van der Waals surface area contributed by atoms with Crippen LogP contribution in [-0.4, -0.2) is 33.8 Å². The van der Waals surface area contributed by atoms with Gasteiger partial charge in [-0.2, -0.15) is 20.1 Å². The summed E-state index contributed by atoms with van der Waals surface area (Å²) in [6.45, 7) is 5.50. The van der Waals surface area contributed by atoms with E-state index in [-0.39, 0.29) is 0 Å². The zero-order chi connectivity index (χ0) is 16.8. The third kappa shape index (κ3) is 3.79. The van der Waals surface area contributed by atoms with Crippen molar-refractivity contribution < 1.29 is 0 Å². The molecule has 0 fully saturated rings. The van der Waals surface area contributed by atoms with Crippen LogP contribution in [0, 0.1) is 0 Å². The van der Waals surface area contributed by atoms with E-state index in [2.05, 4.69) is 60.4 Å². The lowest BCUT2D eigenvalue weighted by Crippen LogP contribution is -2.15. The maximum absolute atomic E-state index is 4.56. The molecule has 1 heterocycles. The summed E-state index contributed by atoms with van der Waals surface area (Å²) in [6.07, 6.45) is 3.17. The van der Waals surface area contributed by atoms with Crippen molar-refractivity contribution in [3.05, 3.63) is 35.4 Å². The molecule has 0 radical (unpaired) electrons. The predicted molar refractivity (Wildman–Crippen MR) is 97.7 cm³/mol. The summed E-state index contributed by atoms with van der Waals surface area (Å²) in [6, 6.07) is 8.41. The molecule has 1 aromatic carbocycles. The predicted octanol–water partition coefficient (Wildman–Crippen LogP) is 2.89. The highest BCUT2D eigenvalue weighted by Gasteiger charge is 2.15. The Morgan fingerprint density at radius 1 is 0.917 bits per heavy atom. The maximum atomic E-state index is 4.56. The number of fused-ring (bicyclic) bond motifs is 1.